The number of carbonyl (C=O) groups is 1. The zero-order valence-corrected chi connectivity index (χ0v) is 19.5. The first-order valence-corrected chi connectivity index (χ1v) is 13.3. The molecule has 1 aliphatic rings. The van der Waals surface area contributed by atoms with Gasteiger partial charge >= 0.3 is 0 Å². The van der Waals surface area contributed by atoms with Crippen molar-refractivity contribution in [3.05, 3.63) is 35.4 Å². The fourth-order valence-corrected chi connectivity index (χ4v) is 6.52. The smallest absolute Gasteiger partial charge is 0.220 e. The van der Waals surface area contributed by atoms with Gasteiger partial charge in [-0.1, -0.05) is 73.0 Å². The van der Waals surface area contributed by atoms with Gasteiger partial charge in [0.25, 0.3) is 0 Å². The fraction of sp³-hybridized carbons (Fsp3) is 0.696. The molecule has 0 bridgehead atoms. The van der Waals surface area contributed by atoms with Gasteiger partial charge in [-0.25, -0.2) is 0 Å². The lowest BCUT2D eigenvalue weighted by Crippen LogP contribution is -2.33. The first-order chi connectivity index (χ1) is 13.5. The van der Waals surface area contributed by atoms with Crippen LogP contribution in [-0.4, -0.2) is 36.5 Å². The van der Waals surface area contributed by atoms with Crippen LogP contribution < -0.4 is 10.6 Å². The summed E-state index contributed by atoms with van der Waals surface area (Å²) in [7, 11) is 4.03. The molecule has 28 heavy (non-hydrogen) atoms. The van der Waals surface area contributed by atoms with Gasteiger partial charge in [0.2, 0.25) is 5.91 Å². The third-order valence-corrected chi connectivity index (χ3v) is 8.18. The molecule has 1 aromatic carbocycles. The van der Waals surface area contributed by atoms with Gasteiger partial charge in [-0.15, -0.1) is 0 Å². The molecule has 2 rings (SSSR count). The van der Waals surface area contributed by atoms with Gasteiger partial charge in [0.05, 0.1) is 0 Å². The van der Waals surface area contributed by atoms with E-state index in [-0.39, 0.29) is 5.91 Å². The summed E-state index contributed by atoms with van der Waals surface area (Å²) in [5.41, 5.74) is 2.80. The molecule has 158 valence electrons. The average Bonchev–Trinajstić information content (AvgIpc) is 3.18. The fourth-order valence-electron chi connectivity index (χ4n) is 3.49. The van der Waals surface area contributed by atoms with Crippen LogP contribution in [0.4, 0.5) is 0 Å². The first-order valence-electron chi connectivity index (χ1n) is 10.9. The molecule has 2 N–H and O–H groups in total. The molecule has 1 fully saturated rings. The second-order valence-corrected chi connectivity index (χ2v) is 11.2. The van der Waals surface area contributed by atoms with Crippen molar-refractivity contribution in [1.82, 2.24) is 10.6 Å². The summed E-state index contributed by atoms with van der Waals surface area (Å²) in [6.07, 6.45) is 6.62. The molecule has 5 heteroatoms. The van der Waals surface area contributed by atoms with Crippen LogP contribution in [0.2, 0.25) is 0 Å². The lowest BCUT2D eigenvalue weighted by Gasteiger charge is -2.14. The molecule has 0 spiro atoms. The van der Waals surface area contributed by atoms with Gasteiger partial charge < -0.3 is 10.6 Å². The number of amides is 1. The summed E-state index contributed by atoms with van der Waals surface area (Å²) in [5, 5.41) is 7.33. The molecule has 2 atom stereocenters. The Hall–Kier alpha value is -0.650. The van der Waals surface area contributed by atoms with E-state index in [1.54, 1.807) is 0 Å². The Morgan fingerprint density at radius 2 is 1.93 bits per heavy atom. The van der Waals surface area contributed by atoms with Gasteiger partial charge in [0, 0.05) is 37.1 Å². The predicted molar refractivity (Wildman–Crippen MR) is 126 cm³/mol. The van der Waals surface area contributed by atoms with Crippen molar-refractivity contribution in [2.45, 2.75) is 70.5 Å². The van der Waals surface area contributed by atoms with Crippen LogP contribution >= 0.6 is 21.6 Å². The highest BCUT2D eigenvalue weighted by atomic mass is 33.1. The molecule has 1 aromatic rings. The molecular formula is C23H38N2OS2. The molecule has 1 saturated heterocycles. The number of unbranched alkanes of at least 4 members (excludes halogenated alkanes) is 1. The lowest BCUT2D eigenvalue weighted by atomic mass is 9.97. The van der Waals surface area contributed by atoms with E-state index < -0.39 is 0 Å². The Balaban J connectivity index is 1.49. The van der Waals surface area contributed by atoms with E-state index in [0.29, 0.717) is 24.8 Å². The molecule has 0 aromatic heterocycles. The SMILES string of the molecule is CC(C)Cc1ccc(C(C)CNCCNC(=O)CCCC[C@H]2CCSS2)cc1. The number of rotatable bonds is 13. The van der Waals surface area contributed by atoms with E-state index in [0.717, 1.165) is 31.2 Å². The van der Waals surface area contributed by atoms with Crippen molar-refractivity contribution in [1.29, 1.82) is 0 Å². The van der Waals surface area contributed by atoms with Crippen LogP contribution in [0, 0.1) is 5.92 Å². The maximum Gasteiger partial charge on any atom is 0.220 e. The maximum atomic E-state index is 11.9. The third-order valence-electron chi connectivity index (χ3n) is 5.17. The van der Waals surface area contributed by atoms with E-state index in [1.165, 1.54) is 36.1 Å². The van der Waals surface area contributed by atoms with E-state index in [1.807, 2.05) is 21.6 Å². The summed E-state index contributed by atoms with van der Waals surface area (Å²) < 4.78 is 0. The number of hydrogen-bond donors (Lipinski definition) is 2. The summed E-state index contributed by atoms with van der Waals surface area (Å²) in [6.45, 7) is 9.26. The van der Waals surface area contributed by atoms with E-state index in [9.17, 15) is 4.79 Å². The monoisotopic (exact) mass is 422 g/mol. The van der Waals surface area contributed by atoms with E-state index in [2.05, 4.69) is 55.7 Å². The lowest BCUT2D eigenvalue weighted by molar-refractivity contribution is -0.121. The van der Waals surface area contributed by atoms with Crippen LogP contribution in [0.5, 0.6) is 0 Å². The zero-order valence-electron chi connectivity index (χ0n) is 17.8. The summed E-state index contributed by atoms with van der Waals surface area (Å²) in [4.78, 5) is 11.9. The van der Waals surface area contributed by atoms with E-state index >= 15 is 0 Å². The van der Waals surface area contributed by atoms with E-state index in [4.69, 9.17) is 0 Å². The van der Waals surface area contributed by atoms with Crippen molar-refractivity contribution in [3.63, 3.8) is 0 Å². The predicted octanol–water partition coefficient (Wildman–Crippen LogP) is 5.41. The Morgan fingerprint density at radius 3 is 2.61 bits per heavy atom. The molecule has 0 saturated carbocycles. The van der Waals surface area contributed by atoms with Crippen LogP contribution in [0.15, 0.2) is 24.3 Å². The summed E-state index contributed by atoms with van der Waals surface area (Å²) in [5.74, 6) is 2.68. The van der Waals surface area contributed by atoms with Crippen molar-refractivity contribution < 1.29 is 4.79 Å². The third kappa shape index (κ3) is 9.71. The van der Waals surface area contributed by atoms with Crippen molar-refractivity contribution in [2.75, 3.05) is 25.4 Å². The highest BCUT2D eigenvalue weighted by molar-refractivity contribution is 8.77. The molecule has 1 amide bonds. The first kappa shape index (κ1) is 23.6. The Morgan fingerprint density at radius 1 is 1.14 bits per heavy atom. The Bertz CT molecular complexity index is 556. The van der Waals surface area contributed by atoms with Gasteiger partial charge in [-0.3, -0.25) is 4.79 Å². The van der Waals surface area contributed by atoms with Gasteiger partial charge in [0.1, 0.15) is 0 Å². The van der Waals surface area contributed by atoms with Crippen molar-refractivity contribution in [2.24, 2.45) is 5.92 Å². The second-order valence-electron chi connectivity index (χ2n) is 8.37. The minimum Gasteiger partial charge on any atom is -0.355 e. The quantitative estimate of drug-likeness (QED) is 0.329. The van der Waals surface area contributed by atoms with Crippen molar-refractivity contribution in [3.8, 4) is 0 Å². The average molecular weight is 423 g/mol. The van der Waals surface area contributed by atoms with Crippen LogP contribution in [0.3, 0.4) is 0 Å². The van der Waals surface area contributed by atoms with Gasteiger partial charge in [-0.05, 0) is 48.6 Å². The second kappa shape index (κ2) is 13.6. The van der Waals surface area contributed by atoms with Gasteiger partial charge in [0.15, 0.2) is 0 Å². The van der Waals surface area contributed by atoms with Crippen LogP contribution in [0.1, 0.15) is 69.9 Å². The maximum absolute atomic E-state index is 11.9. The molecule has 3 nitrogen and oxygen atoms in total. The highest BCUT2D eigenvalue weighted by Crippen LogP contribution is 2.39. The van der Waals surface area contributed by atoms with Crippen LogP contribution in [0.25, 0.3) is 0 Å². The summed E-state index contributed by atoms with van der Waals surface area (Å²) in [6, 6.07) is 9.04. The molecule has 1 heterocycles. The normalized spacial score (nSPS) is 17.8. The number of benzene rings is 1. The Labute approximate surface area is 180 Å². The van der Waals surface area contributed by atoms with Gasteiger partial charge in [-0.2, -0.15) is 0 Å². The number of carbonyl (C=O) groups excluding carboxylic acids is 1. The molecule has 1 aliphatic heterocycles. The number of nitrogens with one attached hydrogen (secondary N) is 2. The molecule has 1 unspecified atom stereocenters. The highest BCUT2D eigenvalue weighted by Gasteiger charge is 2.15. The Kier molecular flexibility index (Phi) is 11.4. The topological polar surface area (TPSA) is 41.1 Å². The molecular weight excluding hydrogens is 384 g/mol. The zero-order chi connectivity index (χ0) is 20.2. The molecule has 0 radical (unpaired) electrons. The van der Waals surface area contributed by atoms with Crippen LogP contribution in [-0.2, 0) is 11.2 Å². The number of hydrogen-bond acceptors (Lipinski definition) is 4. The molecule has 0 aliphatic carbocycles. The summed E-state index contributed by atoms with van der Waals surface area (Å²) >= 11 is 0. The minimum absolute atomic E-state index is 0.198. The minimum atomic E-state index is 0.198. The standard InChI is InChI=1S/C23H38N2OS2/c1-18(2)16-20-8-10-21(11-9-20)19(3)17-24-13-14-25-23(26)7-5-4-6-22-12-15-27-28-22/h8-11,18-19,22,24H,4-7,12-17H2,1-3H3,(H,25,26)/t19?,22-/m0/s1. The largest absolute Gasteiger partial charge is 0.355 e. The van der Waals surface area contributed by atoms with Crippen molar-refractivity contribution >= 4 is 27.5 Å².